The van der Waals surface area contributed by atoms with E-state index in [0.29, 0.717) is 67.3 Å². The summed E-state index contributed by atoms with van der Waals surface area (Å²) in [5.41, 5.74) is 4.39. The Bertz CT molecular complexity index is 1380. The minimum atomic E-state index is -0.278. The molecule has 2 aliphatic rings. The predicted octanol–water partition coefficient (Wildman–Crippen LogP) is 4.49. The van der Waals surface area contributed by atoms with Crippen LogP contribution < -0.4 is 10.2 Å². The summed E-state index contributed by atoms with van der Waals surface area (Å²) in [5, 5.41) is 21.8. The van der Waals surface area contributed by atoms with Crippen molar-refractivity contribution in [3.8, 4) is 6.07 Å². The first-order chi connectivity index (χ1) is 18.9. The fraction of sp³-hybridized carbons (Fsp3) is 0.355. The molecule has 0 saturated carbocycles. The first-order valence-corrected chi connectivity index (χ1v) is 13.5. The van der Waals surface area contributed by atoms with Crippen LogP contribution in [0.2, 0.25) is 0 Å². The molecule has 2 fully saturated rings. The zero-order valence-electron chi connectivity index (χ0n) is 22.1. The molecule has 8 heteroatoms. The fourth-order valence-electron chi connectivity index (χ4n) is 5.34. The van der Waals surface area contributed by atoms with Gasteiger partial charge in [-0.2, -0.15) is 5.26 Å². The number of carbonyl (C=O) groups is 2. The Morgan fingerprint density at radius 2 is 1.67 bits per heavy atom. The molecule has 0 radical (unpaired) electrons. The van der Waals surface area contributed by atoms with Crippen LogP contribution in [0, 0.1) is 18.3 Å². The molecule has 0 bridgehead atoms. The van der Waals surface area contributed by atoms with E-state index in [2.05, 4.69) is 21.3 Å². The number of hydrogen-bond acceptors (Lipinski definition) is 6. The van der Waals surface area contributed by atoms with Crippen molar-refractivity contribution in [1.29, 1.82) is 5.26 Å². The highest BCUT2D eigenvalue weighted by Crippen LogP contribution is 2.29. The summed E-state index contributed by atoms with van der Waals surface area (Å²) in [5.74, 6) is 0.795. The number of nitriles is 1. The zero-order valence-corrected chi connectivity index (χ0v) is 22.1. The molecule has 200 valence electrons. The molecule has 0 atom stereocenters. The van der Waals surface area contributed by atoms with Crippen molar-refractivity contribution in [2.24, 2.45) is 0 Å². The average Bonchev–Trinajstić information content (AvgIpc) is 2.98. The Balaban J connectivity index is 1.23. The van der Waals surface area contributed by atoms with Gasteiger partial charge >= 0.3 is 0 Å². The Labute approximate surface area is 228 Å². The molecule has 0 unspecified atom stereocenters. The lowest BCUT2D eigenvalue weighted by atomic mass is 9.89. The summed E-state index contributed by atoms with van der Waals surface area (Å²) in [6.45, 7) is 4.63. The average molecular weight is 524 g/mol. The molecule has 0 aliphatic carbocycles. The lowest BCUT2D eigenvalue weighted by Gasteiger charge is -2.32. The van der Waals surface area contributed by atoms with Crippen LogP contribution >= 0.6 is 0 Å². The van der Waals surface area contributed by atoms with Crippen molar-refractivity contribution in [3.05, 3.63) is 88.6 Å². The van der Waals surface area contributed by atoms with Crippen molar-refractivity contribution in [2.75, 3.05) is 36.4 Å². The van der Waals surface area contributed by atoms with E-state index in [1.165, 1.54) is 5.56 Å². The highest BCUT2D eigenvalue weighted by atomic mass is 16.3. The Morgan fingerprint density at radius 1 is 0.949 bits per heavy atom. The first-order valence-electron chi connectivity index (χ1n) is 13.5. The summed E-state index contributed by atoms with van der Waals surface area (Å²) < 4.78 is 0. The first kappa shape index (κ1) is 26.4. The number of benzene rings is 2. The molecule has 2 N–H and O–H groups in total. The van der Waals surface area contributed by atoms with Crippen LogP contribution in [0.15, 0.2) is 60.8 Å². The van der Waals surface area contributed by atoms with Gasteiger partial charge in [-0.3, -0.25) is 9.59 Å². The molecule has 2 saturated heterocycles. The Hall–Kier alpha value is -4.22. The van der Waals surface area contributed by atoms with Crippen LogP contribution in [-0.4, -0.2) is 59.1 Å². The van der Waals surface area contributed by atoms with E-state index >= 15 is 0 Å². The molecule has 0 spiro atoms. The minimum absolute atomic E-state index is 0.0396. The standard InChI is InChI=1S/C31H33N5O3/c1-21-2-5-26(31(39)36-14-9-24(10-15-36)23-6-3-22(20-32)4-7-23)18-28(21)34-30(38)25-8-13-33-29(19-25)35-16-11-27(37)12-17-35/h2-8,13,18-19,24,27,37H,9-12,14-17H2,1H3,(H,34,38). The summed E-state index contributed by atoms with van der Waals surface area (Å²) >= 11 is 0. The molecule has 2 amide bonds. The van der Waals surface area contributed by atoms with Crippen molar-refractivity contribution >= 4 is 23.3 Å². The molecule has 3 aromatic rings. The second-order valence-electron chi connectivity index (χ2n) is 10.4. The van der Waals surface area contributed by atoms with Gasteiger partial charge in [0.25, 0.3) is 11.8 Å². The summed E-state index contributed by atoms with van der Waals surface area (Å²) in [6.07, 6.45) is 4.46. The number of nitrogens with one attached hydrogen (secondary N) is 1. The van der Waals surface area contributed by atoms with Crippen LogP contribution in [0.25, 0.3) is 0 Å². The zero-order chi connectivity index (χ0) is 27.4. The number of likely N-dealkylation sites (tertiary alicyclic amines) is 1. The molecule has 1 aromatic heterocycles. The third kappa shape index (κ3) is 6.10. The molecule has 2 aromatic carbocycles. The van der Waals surface area contributed by atoms with Gasteiger partial charge in [0, 0.05) is 49.2 Å². The van der Waals surface area contributed by atoms with E-state index < -0.39 is 0 Å². The van der Waals surface area contributed by atoms with Gasteiger partial charge < -0.3 is 20.2 Å². The number of aliphatic hydroxyl groups is 1. The summed E-state index contributed by atoms with van der Waals surface area (Å²) in [6, 6.07) is 18.8. The van der Waals surface area contributed by atoms with Gasteiger partial charge in [0.2, 0.25) is 0 Å². The maximum atomic E-state index is 13.3. The third-order valence-electron chi connectivity index (χ3n) is 7.82. The number of amides is 2. The topological polar surface area (TPSA) is 110 Å². The van der Waals surface area contributed by atoms with Crippen LogP contribution in [0.5, 0.6) is 0 Å². The van der Waals surface area contributed by atoms with Crippen molar-refractivity contribution in [2.45, 2.75) is 44.6 Å². The quantitative estimate of drug-likeness (QED) is 0.510. The predicted molar refractivity (Wildman–Crippen MR) is 150 cm³/mol. The van der Waals surface area contributed by atoms with Gasteiger partial charge in [-0.1, -0.05) is 18.2 Å². The number of anilines is 2. The number of hydrogen-bond donors (Lipinski definition) is 2. The maximum Gasteiger partial charge on any atom is 0.255 e. The van der Waals surface area contributed by atoms with Crippen LogP contribution in [-0.2, 0) is 0 Å². The molecule has 8 nitrogen and oxygen atoms in total. The summed E-state index contributed by atoms with van der Waals surface area (Å²) in [7, 11) is 0. The Kier molecular flexibility index (Phi) is 7.89. The highest BCUT2D eigenvalue weighted by molar-refractivity contribution is 6.06. The molecule has 5 rings (SSSR count). The highest BCUT2D eigenvalue weighted by Gasteiger charge is 2.25. The second kappa shape index (κ2) is 11.7. The van der Waals surface area contributed by atoms with E-state index in [4.69, 9.17) is 5.26 Å². The van der Waals surface area contributed by atoms with Crippen LogP contribution in [0.3, 0.4) is 0 Å². The monoisotopic (exact) mass is 523 g/mol. The molecular weight excluding hydrogens is 490 g/mol. The van der Waals surface area contributed by atoms with Crippen molar-refractivity contribution < 1.29 is 14.7 Å². The van der Waals surface area contributed by atoms with Crippen molar-refractivity contribution in [3.63, 3.8) is 0 Å². The maximum absolute atomic E-state index is 13.3. The number of pyridine rings is 1. The minimum Gasteiger partial charge on any atom is -0.393 e. The largest absolute Gasteiger partial charge is 0.393 e. The van der Waals surface area contributed by atoms with Crippen LogP contribution in [0.1, 0.15) is 69.0 Å². The molecular formula is C31H33N5O3. The number of rotatable bonds is 5. The Morgan fingerprint density at radius 3 is 2.36 bits per heavy atom. The van der Waals surface area contributed by atoms with E-state index in [0.717, 1.165) is 24.2 Å². The SMILES string of the molecule is Cc1ccc(C(=O)N2CCC(c3ccc(C#N)cc3)CC2)cc1NC(=O)c1ccnc(N2CCC(O)CC2)c1. The van der Waals surface area contributed by atoms with Gasteiger partial charge in [0.15, 0.2) is 0 Å². The van der Waals surface area contributed by atoms with E-state index in [-0.39, 0.29) is 17.9 Å². The molecule has 39 heavy (non-hydrogen) atoms. The van der Waals surface area contributed by atoms with Gasteiger partial charge in [0.1, 0.15) is 5.82 Å². The number of nitrogens with zero attached hydrogens (tertiary/aromatic N) is 4. The number of piperidine rings is 2. The van der Waals surface area contributed by atoms with Gasteiger partial charge in [-0.25, -0.2) is 4.98 Å². The van der Waals surface area contributed by atoms with E-state index in [9.17, 15) is 14.7 Å². The number of aliphatic hydroxyl groups excluding tert-OH is 1. The van der Waals surface area contributed by atoms with Crippen LogP contribution in [0.4, 0.5) is 11.5 Å². The lowest BCUT2D eigenvalue weighted by molar-refractivity contribution is 0.0712. The number of aromatic nitrogens is 1. The summed E-state index contributed by atoms with van der Waals surface area (Å²) in [4.78, 5) is 34.8. The normalized spacial score (nSPS) is 16.5. The van der Waals surface area contributed by atoms with Gasteiger partial charge in [-0.05, 0) is 86.1 Å². The van der Waals surface area contributed by atoms with Crippen molar-refractivity contribution in [1.82, 2.24) is 9.88 Å². The van der Waals surface area contributed by atoms with E-state index in [1.54, 1.807) is 24.4 Å². The van der Waals surface area contributed by atoms with Gasteiger partial charge in [0.05, 0.1) is 17.7 Å². The number of carbonyl (C=O) groups excluding carboxylic acids is 2. The molecule has 2 aliphatic heterocycles. The third-order valence-corrected chi connectivity index (χ3v) is 7.82. The lowest BCUT2D eigenvalue weighted by Crippen LogP contribution is -2.38. The second-order valence-corrected chi connectivity index (χ2v) is 10.4. The smallest absolute Gasteiger partial charge is 0.255 e. The fourth-order valence-corrected chi connectivity index (χ4v) is 5.34. The molecule has 3 heterocycles. The van der Waals surface area contributed by atoms with Gasteiger partial charge in [-0.15, -0.1) is 0 Å². The number of aryl methyl sites for hydroxylation is 1. The van der Waals surface area contributed by atoms with E-state index in [1.807, 2.05) is 48.2 Å².